The molecule has 0 aliphatic rings. The van der Waals surface area contributed by atoms with Crippen molar-refractivity contribution in [3.63, 3.8) is 0 Å². The Labute approximate surface area is 411 Å². The summed E-state index contributed by atoms with van der Waals surface area (Å²) in [5, 5.41) is 2.99. The van der Waals surface area contributed by atoms with Gasteiger partial charge in [-0.25, -0.2) is 0 Å². The third kappa shape index (κ3) is 18.2. The predicted molar refractivity (Wildman–Crippen MR) is 298 cm³/mol. The van der Waals surface area contributed by atoms with E-state index in [0.717, 1.165) is 11.8 Å². The highest BCUT2D eigenvalue weighted by molar-refractivity contribution is 7.23. The lowest BCUT2D eigenvalue weighted by Crippen LogP contribution is -2.04. The van der Waals surface area contributed by atoms with Gasteiger partial charge in [-0.1, -0.05) is 233 Å². The summed E-state index contributed by atoms with van der Waals surface area (Å²) in [5.74, 6) is 1.65. The largest absolute Gasteiger partial charge is 0.140 e. The van der Waals surface area contributed by atoms with Gasteiger partial charge in [0, 0.05) is 60.6 Å². The molecule has 0 radical (unpaired) electrons. The van der Waals surface area contributed by atoms with Crippen molar-refractivity contribution in [2.24, 2.45) is 11.8 Å². The first kappa shape index (κ1) is 53.5. The highest BCUT2D eigenvalue weighted by Gasteiger charge is 2.23. The molecular weight excluding hydrogens is 849 g/mol. The Balaban J connectivity index is 1.32. The van der Waals surface area contributed by atoms with E-state index < -0.39 is 0 Å². The summed E-state index contributed by atoms with van der Waals surface area (Å²) in [7, 11) is 0. The van der Waals surface area contributed by atoms with E-state index in [4.69, 9.17) is 0 Å². The van der Waals surface area contributed by atoms with Gasteiger partial charge in [-0.05, 0) is 74.9 Å². The van der Waals surface area contributed by atoms with Crippen molar-refractivity contribution >= 4 is 65.5 Å². The zero-order chi connectivity index (χ0) is 45.2. The van der Waals surface area contributed by atoms with E-state index in [2.05, 4.69) is 101 Å². The molecule has 0 aliphatic heterocycles. The zero-order valence-electron chi connectivity index (χ0n) is 42.3. The minimum atomic E-state index is 0.825. The highest BCUT2D eigenvalue weighted by atomic mass is 32.1. The van der Waals surface area contributed by atoms with Gasteiger partial charge in [-0.15, -0.1) is 45.3 Å². The summed E-state index contributed by atoms with van der Waals surface area (Å²) in [6.07, 6.45) is 47.8. The van der Waals surface area contributed by atoms with Crippen LogP contribution < -0.4 is 0 Å². The van der Waals surface area contributed by atoms with Gasteiger partial charge in [0.1, 0.15) is 0 Å². The van der Waals surface area contributed by atoms with E-state index in [9.17, 15) is 0 Å². The van der Waals surface area contributed by atoms with Crippen molar-refractivity contribution < 1.29 is 0 Å². The quantitative estimate of drug-likeness (QED) is 0.0346. The van der Waals surface area contributed by atoms with E-state index in [0.29, 0.717) is 0 Å². The van der Waals surface area contributed by atoms with Crippen LogP contribution >= 0.6 is 45.3 Å². The first-order valence-electron chi connectivity index (χ1n) is 27.6. The average Bonchev–Trinajstić information content (AvgIpc) is 4.11. The van der Waals surface area contributed by atoms with Crippen LogP contribution in [0.4, 0.5) is 0 Å². The molecule has 0 fully saturated rings. The van der Waals surface area contributed by atoms with E-state index >= 15 is 0 Å². The number of thiophene rings is 4. The fraction of sp³-hybridized carbons (Fsp3) is 0.700. The Kier molecular flexibility index (Phi) is 26.4. The molecule has 64 heavy (non-hydrogen) atoms. The number of rotatable bonds is 38. The second-order valence-electron chi connectivity index (χ2n) is 20.3. The number of fused-ring (bicyclic) bond motifs is 2. The topological polar surface area (TPSA) is 0 Å². The van der Waals surface area contributed by atoms with E-state index in [1.54, 1.807) is 9.75 Å². The molecule has 0 saturated carbocycles. The van der Waals surface area contributed by atoms with Gasteiger partial charge in [0.2, 0.25) is 0 Å². The van der Waals surface area contributed by atoms with Gasteiger partial charge < -0.3 is 0 Å². The molecule has 0 spiro atoms. The molecule has 5 aromatic rings. The molecule has 4 heteroatoms. The Morgan fingerprint density at radius 1 is 0.344 bits per heavy atom. The maximum absolute atomic E-state index is 2.53. The van der Waals surface area contributed by atoms with Crippen LogP contribution in [0.25, 0.3) is 41.1 Å². The molecule has 0 saturated heterocycles. The molecule has 4 heterocycles. The molecular formula is C60H94S4. The molecule has 0 amide bonds. The van der Waals surface area contributed by atoms with E-state index in [-0.39, 0.29) is 0 Å². The van der Waals surface area contributed by atoms with Crippen LogP contribution in [0.2, 0.25) is 0 Å². The van der Waals surface area contributed by atoms with Crippen molar-refractivity contribution in [3.05, 3.63) is 55.9 Å². The van der Waals surface area contributed by atoms with Gasteiger partial charge in [0.25, 0.3) is 0 Å². The SMILES string of the molecule is CCCCCCCCCCC(CCCCCCCC)Cc1ccc(-c2c3cc(C)sc3c(-c3ccc(CC(CCCCCCCC)CCCCCCCCCC)s3)c3cc(C)sc23)s1. The Morgan fingerprint density at radius 2 is 0.625 bits per heavy atom. The normalized spacial score (nSPS) is 13.0. The van der Waals surface area contributed by atoms with Crippen LogP contribution in [0.3, 0.4) is 0 Å². The molecule has 358 valence electrons. The van der Waals surface area contributed by atoms with E-state index in [1.165, 1.54) is 269 Å². The van der Waals surface area contributed by atoms with Crippen LogP contribution in [-0.2, 0) is 12.8 Å². The zero-order valence-corrected chi connectivity index (χ0v) is 45.6. The summed E-state index contributed by atoms with van der Waals surface area (Å²) < 4.78 is 3.03. The van der Waals surface area contributed by atoms with Crippen LogP contribution in [0.1, 0.15) is 253 Å². The smallest absolute Gasteiger partial charge is 0.0445 e. The molecule has 4 aromatic heterocycles. The van der Waals surface area contributed by atoms with Crippen LogP contribution in [0.5, 0.6) is 0 Å². The van der Waals surface area contributed by atoms with Gasteiger partial charge >= 0.3 is 0 Å². The van der Waals surface area contributed by atoms with Gasteiger partial charge in [0.15, 0.2) is 0 Å². The monoisotopic (exact) mass is 943 g/mol. The maximum Gasteiger partial charge on any atom is 0.0445 e. The molecule has 0 nitrogen and oxygen atoms in total. The predicted octanol–water partition coefficient (Wildman–Crippen LogP) is 23.1. The minimum Gasteiger partial charge on any atom is -0.140 e. The first-order chi connectivity index (χ1) is 31.4. The Morgan fingerprint density at radius 3 is 0.922 bits per heavy atom. The number of unbranched alkanes of at least 4 members (excludes halogenated alkanes) is 24. The number of hydrogen-bond donors (Lipinski definition) is 0. The maximum atomic E-state index is 2.53. The summed E-state index contributed by atoms with van der Waals surface area (Å²) in [5.41, 5.74) is 3.04. The van der Waals surface area contributed by atoms with Crippen molar-refractivity contribution in [3.8, 4) is 20.9 Å². The van der Waals surface area contributed by atoms with Crippen LogP contribution in [-0.4, -0.2) is 0 Å². The third-order valence-corrected chi connectivity index (χ3v) is 18.7. The number of benzene rings is 1. The fourth-order valence-electron chi connectivity index (χ4n) is 10.6. The number of aryl methyl sites for hydroxylation is 2. The molecule has 5 rings (SSSR count). The van der Waals surface area contributed by atoms with Crippen molar-refractivity contribution in [1.29, 1.82) is 0 Å². The average molecular weight is 944 g/mol. The fourth-order valence-corrected chi connectivity index (χ4v) is 15.3. The second-order valence-corrected chi connectivity index (χ2v) is 25.1. The summed E-state index contributed by atoms with van der Waals surface area (Å²) in [4.78, 5) is 9.09. The highest BCUT2D eigenvalue weighted by Crippen LogP contribution is 2.52. The molecule has 0 aliphatic carbocycles. The summed E-state index contributed by atoms with van der Waals surface area (Å²) >= 11 is 8.31. The van der Waals surface area contributed by atoms with E-state index in [1.807, 2.05) is 22.7 Å². The lowest BCUT2D eigenvalue weighted by Gasteiger charge is -2.16. The molecule has 1 aromatic carbocycles. The Hall–Kier alpha value is -1.46. The summed E-state index contributed by atoms with van der Waals surface area (Å²) in [6.45, 7) is 14.0. The molecule has 0 N–H and O–H groups in total. The van der Waals surface area contributed by atoms with Crippen molar-refractivity contribution in [2.45, 2.75) is 260 Å². The standard InChI is InChI=1S/C60H94S4/c1-7-11-15-19-23-25-29-33-37-49(35-31-27-21-17-13-9-3)45-51-39-41-55(63-51)57-53-43-47(5)62-60(53)58(54-44-48(6)61-59(54)57)56-42-40-52(64-56)46-50(36-32-28-22-18-14-10-4)38-34-30-26-24-20-16-12-8-2/h39-44,49-50H,7-38,45-46H2,1-6H3. The van der Waals surface area contributed by atoms with Crippen LogP contribution in [0.15, 0.2) is 36.4 Å². The Bertz CT molecular complexity index is 1750. The van der Waals surface area contributed by atoms with Gasteiger partial charge in [-0.3, -0.25) is 0 Å². The third-order valence-electron chi connectivity index (χ3n) is 14.4. The number of hydrogen-bond acceptors (Lipinski definition) is 4. The lowest BCUT2D eigenvalue weighted by molar-refractivity contribution is 0.402. The van der Waals surface area contributed by atoms with Gasteiger partial charge in [-0.2, -0.15) is 0 Å². The van der Waals surface area contributed by atoms with Gasteiger partial charge in [0.05, 0.1) is 0 Å². The minimum absolute atomic E-state index is 0.825. The second kappa shape index (κ2) is 31.6. The first-order valence-corrected chi connectivity index (χ1v) is 30.9. The molecule has 2 atom stereocenters. The van der Waals surface area contributed by atoms with Crippen molar-refractivity contribution in [1.82, 2.24) is 0 Å². The molecule has 0 bridgehead atoms. The van der Waals surface area contributed by atoms with Crippen LogP contribution in [0, 0.1) is 25.7 Å². The molecule has 2 unspecified atom stereocenters. The summed E-state index contributed by atoms with van der Waals surface area (Å²) in [6, 6.07) is 15.1. The lowest BCUT2D eigenvalue weighted by atomic mass is 9.91. The van der Waals surface area contributed by atoms with Crippen molar-refractivity contribution in [2.75, 3.05) is 0 Å².